The topological polar surface area (TPSA) is 37.3 Å². The Hall–Kier alpha value is -1.29. The van der Waals surface area contributed by atoms with Gasteiger partial charge in [0.1, 0.15) is 5.82 Å². The molecule has 1 rings (SSSR count). The molecule has 1 aromatic rings. The van der Waals surface area contributed by atoms with E-state index in [4.69, 9.17) is 5.11 Å². The zero-order valence-electron chi connectivity index (χ0n) is 10.5. The number of rotatable bonds is 6. The smallest absolute Gasteiger partial charge is 0.328 e. The zero-order chi connectivity index (χ0) is 13.5. The van der Waals surface area contributed by atoms with Gasteiger partial charge in [0.2, 0.25) is 0 Å². The van der Waals surface area contributed by atoms with Gasteiger partial charge >= 0.3 is 5.97 Å². The summed E-state index contributed by atoms with van der Waals surface area (Å²) in [7, 11) is 0. The molecule has 98 valence electrons. The van der Waals surface area contributed by atoms with E-state index < -0.39 is 5.97 Å². The second-order valence-corrected chi connectivity index (χ2v) is 5.45. The molecule has 0 spiro atoms. The van der Waals surface area contributed by atoms with E-state index in [-0.39, 0.29) is 5.82 Å². The van der Waals surface area contributed by atoms with Gasteiger partial charge in [-0.15, -0.1) is 0 Å². The SMILES string of the molecule is CC(C)CSCc1ccc(F)cc1/C=C/C(=O)O. The summed E-state index contributed by atoms with van der Waals surface area (Å²) in [5.41, 5.74) is 1.59. The summed E-state index contributed by atoms with van der Waals surface area (Å²) in [5.74, 6) is 1.02. The molecule has 0 fully saturated rings. The Kier molecular flexibility index (Phi) is 5.92. The predicted molar refractivity (Wildman–Crippen MR) is 74.1 cm³/mol. The summed E-state index contributed by atoms with van der Waals surface area (Å²) in [5, 5.41) is 8.60. The Morgan fingerprint density at radius 1 is 1.50 bits per heavy atom. The van der Waals surface area contributed by atoms with Crippen LogP contribution in [-0.4, -0.2) is 16.8 Å². The van der Waals surface area contributed by atoms with Crippen molar-refractivity contribution < 1.29 is 14.3 Å². The van der Waals surface area contributed by atoms with Gasteiger partial charge in [-0.1, -0.05) is 19.9 Å². The third-order valence-corrected chi connectivity index (χ3v) is 3.64. The molecule has 0 amide bonds. The highest BCUT2D eigenvalue weighted by molar-refractivity contribution is 7.98. The number of carbonyl (C=O) groups is 1. The molecule has 0 aromatic heterocycles. The van der Waals surface area contributed by atoms with Crippen LogP contribution in [0.25, 0.3) is 6.08 Å². The fraction of sp³-hybridized carbons (Fsp3) is 0.357. The van der Waals surface area contributed by atoms with Crippen molar-refractivity contribution in [3.63, 3.8) is 0 Å². The van der Waals surface area contributed by atoms with E-state index in [1.165, 1.54) is 18.2 Å². The van der Waals surface area contributed by atoms with Crippen molar-refractivity contribution >= 4 is 23.8 Å². The molecule has 4 heteroatoms. The van der Waals surface area contributed by atoms with Crippen molar-refractivity contribution in [2.45, 2.75) is 19.6 Å². The van der Waals surface area contributed by atoms with Gasteiger partial charge in [0.25, 0.3) is 0 Å². The summed E-state index contributed by atoms with van der Waals surface area (Å²) in [6, 6.07) is 4.48. The largest absolute Gasteiger partial charge is 0.478 e. The molecule has 0 aliphatic heterocycles. The minimum atomic E-state index is -1.03. The van der Waals surface area contributed by atoms with Gasteiger partial charge in [-0.25, -0.2) is 9.18 Å². The fourth-order valence-corrected chi connectivity index (χ4v) is 2.49. The third-order valence-electron chi connectivity index (χ3n) is 2.22. The zero-order valence-corrected chi connectivity index (χ0v) is 11.3. The van der Waals surface area contributed by atoms with Gasteiger partial charge < -0.3 is 5.11 Å². The van der Waals surface area contributed by atoms with Crippen LogP contribution in [0.2, 0.25) is 0 Å². The predicted octanol–water partition coefficient (Wildman–Crippen LogP) is 3.81. The molecule has 18 heavy (non-hydrogen) atoms. The van der Waals surface area contributed by atoms with Crippen molar-refractivity contribution in [1.29, 1.82) is 0 Å². The Labute approximate surface area is 111 Å². The standard InChI is InChI=1S/C14H17FO2S/c1-10(2)8-18-9-12-3-5-13(15)7-11(12)4-6-14(16)17/h3-7,10H,8-9H2,1-2H3,(H,16,17)/b6-4+. The molecule has 0 bridgehead atoms. The Balaban J connectivity index is 2.79. The average molecular weight is 268 g/mol. The monoisotopic (exact) mass is 268 g/mol. The number of thioether (sulfide) groups is 1. The number of carboxylic acids is 1. The van der Waals surface area contributed by atoms with Gasteiger partial charge in [-0.3, -0.25) is 0 Å². The van der Waals surface area contributed by atoms with E-state index in [1.54, 1.807) is 17.8 Å². The first-order valence-corrected chi connectivity index (χ1v) is 6.91. The van der Waals surface area contributed by atoms with Crippen LogP contribution in [0.15, 0.2) is 24.3 Å². The van der Waals surface area contributed by atoms with E-state index >= 15 is 0 Å². The normalized spacial score (nSPS) is 11.3. The lowest BCUT2D eigenvalue weighted by Gasteiger charge is -2.08. The van der Waals surface area contributed by atoms with Crippen LogP contribution < -0.4 is 0 Å². The van der Waals surface area contributed by atoms with Gasteiger partial charge in [0, 0.05) is 11.8 Å². The average Bonchev–Trinajstić information content (AvgIpc) is 2.28. The number of hydrogen-bond donors (Lipinski definition) is 1. The first kappa shape index (κ1) is 14.8. The molecule has 0 heterocycles. The fourth-order valence-electron chi connectivity index (χ4n) is 1.42. The highest BCUT2D eigenvalue weighted by Gasteiger charge is 2.03. The van der Waals surface area contributed by atoms with Crippen molar-refractivity contribution in [3.05, 3.63) is 41.2 Å². The van der Waals surface area contributed by atoms with Crippen LogP contribution in [-0.2, 0) is 10.5 Å². The summed E-state index contributed by atoms with van der Waals surface area (Å²) in [6.07, 6.45) is 2.47. The molecule has 0 radical (unpaired) electrons. The Morgan fingerprint density at radius 3 is 2.83 bits per heavy atom. The van der Waals surface area contributed by atoms with Crippen molar-refractivity contribution in [1.82, 2.24) is 0 Å². The lowest BCUT2D eigenvalue weighted by Crippen LogP contribution is -1.94. The molecular formula is C14H17FO2S. The molecule has 0 aliphatic rings. The lowest BCUT2D eigenvalue weighted by atomic mass is 10.1. The quantitative estimate of drug-likeness (QED) is 0.797. The first-order chi connectivity index (χ1) is 8.49. The lowest BCUT2D eigenvalue weighted by molar-refractivity contribution is -0.131. The molecule has 1 N–H and O–H groups in total. The molecule has 0 saturated heterocycles. The van der Waals surface area contributed by atoms with Crippen LogP contribution in [0.5, 0.6) is 0 Å². The molecule has 1 aromatic carbocycles. The van der Waals surface area contributed by atoms with E-state index in [9.17, 15) is 9.18 Å². The number of carboxylic acid groups (broad SMARTS) is 1. The maximum absolute atomic E-state index is 13.1. The molecule has 0 atom stereocenters. The Bertz CT molecular complexity index is 441. The van der Waals surface area contributed by atoms with Crippen LogP contribution in [0.4, 0.5) is 4.39 Å². The van der Waals surface area contributed by atoms with Crippen molar-refractivity contribution in [2.75, 3.05) is 5.75 Å². The number of aliphatic carboxylic acids is 1. The molecule has 2 nitrogen and oxygen atoms in total. The molecular weight excluding hydrogens is 251 g/mol. The van der Waals surface area contributed by atoms with Gasteiger partial charge in [-0.05, 0) is 41.0 Å². The third kappa shape index (κ3) is 5.36. The minimum Gasteiger partial charge on any atom is -0.478 e. The first-order valence-electron chi connectivity index (χ1n) is 5.76. The maximum atomic E-state index is 13.1. The number of benzene rings is 1. The minimum absolute atomic E-state index is 0.349. The van der Waals surface area contributed by atoms with Crippen LogP contribution in [0.3, 0.4) is 0 Å². The van der Waals surface area contributed by atoms with Crippen molar-refractivity contribution in [2.24, 2.45) is 5.92 Å². The summed E-state index contributed by atoms with van der Waals surface area (Å²) >= 11 is 1.76. The number of halogens is 1. The van der Waals surface area contributed by atoms with E-state index in [2.05, 4.69) is 13.8 Å². The second kappa shape index (κ2) is 7.21. The van der Waals surface area contributed by atoms with Crippen LogP contribution in [0, 0.1) is 11.7 Å². The van der Waals surface area contributed by atoms with Crippen LogP contribution >= 0.6 is 11.8 Å². The van der Waals surface area contributed by atoms with Crippen LogP contribution in [0.1, 0.15) is 25.0 Å². The summed E-state index contributed by atoms with van der Waals surface area (Å²) < 4.78 is 13.1. The number of hydrogen-bond acceptors (Lipinski definition) is 2. The highest BCUT2D eigenvalue weighted by atomic mass is 32.2. The molecule has 0 saturated carbocycles. The summed E-state index contributed by atoms with van der Waals surface area (Å²) in [4.78, 5) is 10.5. The second-order valence-electron chi connectivity index (χ2n) is 4.42. The van der Waals surface area contributed by atoms with Gasteiger partial charge in [0.15, 0.2) is 0 Å². The van der Waals surface area contributed by atoms with E-state index in [0.717, 1.165) is 23.1 Å². The van der Waals surface area contributed by atoms with E-state index in [0.29, 0.717) is 11.5 Å². The van der Waals surface area contributed by atoms with Crippen molar-refractivity contribution in [3.8, 4) is 0 Å². The maximum Gasteiger partial charge on any atom is 0.328 e. The molecule has 0 unspecified atom stereocenters. The van der Waals surface area contributed by atoms with E-state index in [1.807, 2.05) is 0 Å². The van der Waals surface area contributed by atoms with Gasteiger partial charge in [0.05, 0.1) is 0 Å². The molecule has 0 aliphatic carbocycles. The Morgan fingerprint density at radius 2 is 2.22 bits per heavy atom. The highest BCUT2D eigenvalue weighted by Crippen LogP contribution is 2.20. The van der Waals surface area contributed by atoms with Gasteiger partial charge in [-0.2, -0.15) is 11.8 Å². The summed E-state index contributed by atoms with van der Waals surface area (Å²) in [6.45, 7) is 4.28.